The van der Waals surface area contributed by atoms with Gasteiger partial charge in [0, 0.05) is 70.4 Å². The standard InChI is InChI=1S/C43H24N2O2S2/c1-2-8-25(9-3-1)43-44-42-39(49-43)21-20-38-41(42)32-18-15-28(24-40(32)48-38)45(26-16-19-36-33(22-26)30-11-5-7-13-35(30)46-36)27-14-17-31-29-10-4-6-12-34(29)47-37(31)23-27/h1-24H. The normalized spacial score (nSPS) is 12.1. The molecule has 0 saturated carbocycles. The summed E-state index contributed by atoms with van der Waals surface area (Å²) < 4.78 is 16.2. The molecular weight excluding hydrogens is 641 g/mol. The van der Waals surface area contributed by atoms with E-state index in [1.807, 2.05) is 41.7 Å². The van der Waals surface area contributed by atoms with Crippen molar-refractivity contribution in [2.24, 2.45) is 0 Å². The summed E-state index contributed by atoms with van der Waals surface area (Å²) in [5.41, 5.74) is 8.88. The van der Waals surface area contributed by atoms with Crippen LogP contribution < -0.4 is 4.90 Å². The summed E-state index contributed by atoms with van der Waals surface area (Å²) in [6, 6.07) is 51.2. The van der Waals surface area contributed by atoms with Crippen molar-refractivity contribution in [1.29, 1.82) is 0 Å². The van der Waals surface area contributed by atoms with E-state index >= 15 is 0 Å². The quantitative estimate of drug-likeness (QED) is 0.188. The third kappa shape index (κ3) is 4.11. The molecule has 0 atom stereocenters. The average Bonchev–Trinajstić information content (AvgIpc) is 3.92. The van der Waals surface area contributed by atoms with E-state index in [0.29, 0.717) is 0 Å². The van der Waals surface area contributed by atoms with Gasteiger partial charge in [0.15, 0.2) is 0 Å². The predicted molar refractivity (Wildman–Crippen MR) is 207 cm³/mol. The van der Waals surface area contributed by atoms with Gasteiger partial charge < -0.3 is 13.7 Å². The van der Waals surface area contributed by atoms with Crippen molar-refractivity contribution >= 4 is 114 Å². The zero-order chi connectivity index (χ0) is 32.1. The second-order valence-corrected chi connectivity index (χ2v) is 14.5. The molecule has 11 aromatic rings. The van der Waals surface area contributed by atoms with Gasteiger partial charge in [-0.25, -0.2) is 4.98 Å². The lowest BCUT2D eigenvalue weighted by atomic mass is 10.1. The highest BCUT2D eigenvalue weighted by Gasteiger charge is 2.20. The number of furan rings is 2. The lowest BCUT2D eigenvalue weighted by Gasteiger charge is -2.25. The maximum absolute atomic E-state index is 6.37. The largest absolute Gasteiger partial charge is 0.456 e. The lowest BCUT2D eigenvalue weighted by molar-refractivity contribution is 0.668. The van der Waals surface area contributed by atoms with Gasteiger partial charge in [-0.15, -0.1) is 22.7 Å². The van der Waals surface area contributed by atoms with Crippen molar-refractivity contribution in [2.75, 3.05) is 4.90 Å². The molecule has 4 nitrogen and oxygen atoms in total. The van der Waals surface area contributed by atoms with Gasteiger partial charge in [-0.1, -0.05) is 72.8 Å². The Kier molecular flexibility index (Phi) is 5.67. The van der Waals surface area contributed by atoms with Crippen LogP contribution in [0.5, 0.6) is 0 Å². The van der Waals surface area contributed by atoms with Crippen LogP contribution in [0.15, 0.2) is 154 Å². The molecule has 230 valence electrons. The van der Waals surface area contributed by atoms with Crippen LogP contribution in [0.25, 0.3) is 84.8 Å². The Balaban J connectivity index is 1.12. The smallest absolute Gasteiger partial charge is 0.137 e. The fraction of sp³-hybridized carbons (Fsp3) is 0. The molecule has 0 bridgehead atoms. The third-order valence-corrected chi connectivity index (χ3v) is 11.7. The van der Waals surface area contributed by atoms with E-state index in [9.17, 15) is 0 Å². The van der Waals surface area contributed by atoms with E-state index in [0.717, 1.165) is 77.0 Å². The number of thiazole rings is 1. The van der Waals surface area contributed by atoms with Crippen LogP contribution in [0, 0.1) is 0 Å². The highest BCUT2D eigenvalue weighted by molar-refractivity contribution is 7.26. The number of nitrogens with zero attached hydrogens (tertiary/aromatic N) is 2. The van der Waals surface area contributed by atoms with Crippen LogP contribution in [-0.2, 0) is 0 Å². The highest BCUT2D eigenvalue weighted by atomic mass is 32.1. The van der Waals surface area contributed by atoms with E-state index in [-0.39, 0.29) is 0 Å². The lowest BCUT2D eigenvalue weighted by Crippen LogP contribution is -2.09. The first kappa shape index (κ1) is 27.0. The van der Waals surface area contributed by atoms with Crippen molar-refractivity contribution < 1.29 is 8.83 Å². The topological polar surface area (TPSA) is 42.4 Å². The van der Waals surface area contributed by atoms with Gasteiger partial charge in [-0.3, -0.25) is 0 Å². The van der Waals surface area contributed by atoms with Crippen LogP contribution in [0.1, 0.15) is 0 Å². The van der Waals surface area contributed by atoms with Gasteiger partial charge in [0.1, 0.15) is 27.3 Å². The molecular formula is C43H24N2O2S2. The van der Waals surface area contributed by atoms with E-state index in [2.05, 4.69) is 120 Å². The van der Waals surface area contributed by atoms with Gasteiger partial charge in [0.05, 0.1) is 10.2 Å². The number of anilines is 3. The second kappa shape index (κ2) is 10.3. The summed E-state index contributed by atoms with van der Waals surface area (Å²) in [4.78, 5) is 7.50. The first-order valence-corrected chi connectivity index (χ1v) is 17.8. The first-order valence-electron chi connectivity index (χ1n) is 16.2. The molecule has 0 spiro atoms. The Labute approximate surface area is 287 Å². The number of para-hydroxylation sites is 2. The first-order chi connectivity index (χ1) is 24.2. The summed E-state index contributed by atoms with van der Waals surface area (Å²) >= 11 is 3.57. The Hall–Kier alpha value is -5.95. The average molecular weight is 665 g/mol. The van der Waals surface area contributed by atoms with Crippen LogP contribution in [0.4, 0.5) is 17.1 Å². The SMILES string of the molecule is c1ccc(-c2nc3c(ccc4sc5cc(N(c6ccc7c(c6)oc6ccccc67)c6ccc7oc8ccccc8c7c6)ccc5c43)s2)cc1. The van der Waals surface area contributed by atoms with Crippen molar-refractivity contribution in [3.8, 4) is 10.6 Å². The van der Waals surface area contributed by atoms with Gasteiger partial charge in [-0.05, 0) is 66.7 Å². The number of thiophene rings is 1. The molecule has 0 amide bonds. The molecule has 0 radical (unpaired) electrons. The molecule has 6 heteroatoms. The zero-order valence-corrected chi connectivity index (χ0v) is 27.5. The second-order valence-electron chi connectivity index (χ2n) is 12.3. The number of fused-ring (bicyclic) bond motifs is 11. The maximum atomic E-state index is 6.37. The Morgan fingerprint density at radius 1 is 0.429 bits per heavy atom. The van der Waals surface area contributed by atoms with Crippen LogP contribution in [-0.4, -0.2) is 4.98 Å². The van der Waals surface area contributed by atoms with Crippen molar-refractivity contribution in [2.45, 2.75) is 0 Å². The van der Waals surface area contributed by atoms with Gasteiger partial charge in [0.25, 0.3) is 0 Å². The minimum atomic E-state index is 0.863. The molecule has 4 heterocycles. The molecule has 0 fully saturated rings. The van der Waals surface area contributed by atoms with E-state index in [4.69, 9.17) is 13.8 Å². The molecule has 11 rings (SSSR count). The zero-order valence-electron chi connectivity index (χ0n) is 25.9. The Morgan fingerprint density at radius 2 is 1.04 bits per heavy atom. The van der Waals surface area contributed by atoms with Crippen molar-refractivity contribution in [1.82, 2.24) is 4.98 Å². The van der Waals surface area contributed by atoms with Crippen molar-refractivity contribution in [3.05, 3.63) is 146 Å². The van der Waals surface area contributed by atoms with Gasteiger partial charge >= 0.3 is 0 Å². The molecule has 0 N–H and O–H groups in total. The summed E-state index contributed by atoms with van der Waals surface area (Å²) in [6.07, 6.45) is 0. The fourth-order valence-corrected chi connectivity index (χ4v) is 9.36. The monoisotopic (exact) mass is 664 g/mol. The minimum Gasteiger partial charge on any atom is -0.456 e. The molecule has 4 aromatic heterocycles. The predicted octanol–water partition coefficient (Wildman–Crippen LogP) is 13.6. The molecule has 0 unspecified atom stereocenters. The Morgan fingerprint density at radius 3 is 1.88 bits per heavy atom. The van der Waals surface area contributed by atoms with E-state index in [1.54, 1.807) is 11.3 Å². The van der Waals surface area contributed by atoms with Gasteiger partial charge in [0.2, 0.25) is 0 Å². The molecule has 0 aliphatic rings. The third-order valence-electron chi connectivity index (χ3n) is 9.50. The molecule has 0 aliphatic heterocycles. The number of benzene rings is 7. The number of aromatic nitrogens is 1. The summed E-state index contributed by atoms with van der Waals surface area (Å²) in [7, 11) is 0. The number of hydrogen-bond acceptors (Lipinski definition) is 6. The maximum Gasteiger partial charge on any atom is 0.137 e. The summed E-state index contributed by atoms with van der Waals surface area (Å²) in [5.74, 6) is 0. The minimum absolute atomic E-state index is 0.863. The molecule has 0 aliphatic carbocycles. The summed E-state index contributed by atoms with van der Waals surface area (Å²) in [5, 5.41) is 7.93. The highest BCUT2D eigenvalue weighted by Crippen LogP contribution is 2.45. The van der Waals surface area contributed by atoms with Crippen LogP contribution in [0.3, 0.4) is 0 Å². The van der Waals surface area contributed by atoms with E-state index < -0.39 is 0 Å². The Bertz CT molecular complexity index is 3080. The molecule has 49 heavy (non-hydrogen) atoms. The fourth-order valence-electron chi connectivity index (χ4n) is 7.24. The summed E-state index contributed by atoms with van der Waals surface area (Å²) in [6.45, 7) is 0. The van der Waals surface area contributed by atoms with Crippen LogP contribution >= 0.6 is 22.7 Å². The number of hydrogen-bond donors (Lipinski definition) is 0. The van der Waals surface area contributed by atoms with E-state index in [1.165, 1.54) is 24.9 Å². The molecule has 7 aromatic carbocycles. The molecule has 0 saturated heterocycles. The van der Waals surface area contributed by atoms with Gasteiger partial charge in [-0.2, -0.15) is 0 Å². The number of rotatable bonds is 4. The van der Waals surface area contributed by atoms with Crippen molar-refractivity contribution in [3.63, 3.8) is 0 Å². The van der Waals surface area contributed by atoms with Crippen LogP contribution in [0.2, 0.25) is 0 Å².